The largest absolute Gasteiger partial charge is 0.477 e. The molecule has 0 aromatic heterocycles. The molecule has 5 nitrogen and oxygen atoms in total. The van der Waals surface area contributed by atoms with Crippen LogP contribution in [0.3, 0.4) is 0 Å². The number of hydrogen-bond acceptors (Lipinski definition) is 3. The van der Waals surface area contributed by atoms with Crippen molar-refractivity contribution in [3.8, 4) is 0 Å². The molecule has 0 radical (unpaired) electrons. The van der Waals surface area contributed by atoms with Crippen LogP contribution in [-0.2, 0) is 4.79 Å². The topological polar surface area (TPSA) is 69.9 Å². The van der Waals surface area contributed by atoms with Gasteiger partial charge in [0, 0.05) is 13.3 Å². The molecule has 2 atom stereocenters. The van der Waals surface area contributed by atoms with Gasteiger partial charge >= 0.3 is 5.97 Å². The van der Waals surface area contributed by atoms with Gasteiger partial charge in [0.25, 0.3) is 0 Å². The fourth-order valence-corrected chi connectivity index (χ4v) is 4.00. The summed E-state index contributed by atoms with van der Waals surface area (Å²) in [6.45, 7) is 5.12. The third kappa shape index (κ3) is 8.17. The van der Waals surface area contributed by atoms with Crippen molar-refractivity contribution < 1.29 is 19.5 Å². The lowest BCUT2D eigenvalue weighted by atomic mass is 10.0. The van der Waals surface area contributed by atoms with Crippen molar-refractivity contribution in [3.63, 3.8) is 0 Å². The molecule has 26 heavy (non-hydrogen) atoms. The Hall–Kier alpha value is -0.940. The molecule has 0 bridgehead atoms. The van der Waals surface area contributed by atoms with Crippen LogP contribution in [0, 0.1) is 0 Å². The van der Waals surface area contributed by atoms with Gasteiger partial charge in [-0.1, -0.05) is 77.6 Å². The monoisotopic (exact) mass is 369 g/mol. The molecule has 0 aromatic carbocycles. The number of aliphatic hydroxyl groups excluding tert-OH is 1. The van der Waals surface area contributed by atoms with Crippen LogP contribution in [-0.4, -0.2) is 52.4 Å². The molecule has 1 rings (SSSR count). The Morgan fingerprint density at radius 3 is 1.96 bits per heavy atom. The average molecular weight is 370 g/mol. The highest BCUT2D eigenvalue weighted by Gasteiger charge is 2.43. The summed E-state index contributed by atoms with van der Waals surface area (Å²) in [5.74, 6) is 0.0182. The van der Waals surface area contributed by atoms with E-state index in [1.165, 1.54) is 70.6 Å². The van der Waals surface area contributed by atoms with E-state index in [4.69, 9.17) is 0 Å². The van der Waals surface area contributed by atoms with Gasteiger partial charge in [-0.2, -0.15) is 0 Å². The smallest absolute Gasteiger partial charge is 0.359 e. The molecule has 1 heterocycles. The second-order valence-corrected chi connectivity index (χ2v) is 7.88. The summed E-state index contributed by atoms with van der Waals surface area (Å²) in [5, 5.41) is 19.3. The van der Waals surface area contributed by atoms with Crippen LogP contribution in [0.15, 0.2) is 4.99 Å². The number of aliphatic carboxylic acids is 1. The van der Waals surface area contributed by atoms with E-state index < -0.39 is 12.2 Å². The average Bonchev–Trinajstić information content (AvgIpc) is 2.99. The van der Waals surface area contributed by atoms with Crippen LogP contribution in [0.25, 0.3) is 0 Å². The van der Waals surface area contributed by atoms with E-state index in [0.29, 0.717) is 13.1 Å². The molecule has 0 aliphatic carbocycles. The first kappa shape index (κ1) is 23.1. The molecule has 2 unspecified atom stereocenters. The first-order valence-corrected chi connectivity index (χ1v) is 10.8. The quantitative estimate of drug-likeness (QED) is 0.305. The van der Waals surface area contributed by atoms with Crippen molar-refractivity contribution in [1.29, 1.82) is 0 Å². The van der Waals surface area contributed by atoms with Gasteiger partial charge < -0.3 is 10.2 Å². The number of rotatable bonds is 16. The zero-order valence-corrected chi connectivity index (χ0v) is 17.1. The molecule has 5 heteroatoms. The highest BCUT2D eigenvalue weighted by Crippen LogP contribution is 2.23. The van der Waals surface area contributed by atoms with Crippen LogP contribution in [0.5, 0.6) is 0 Å². The number of aliphatic hydroxyl groups is 1. The normalized spacial score (nSPS) is 21.0. The van der Waals surface area contributed by atoms with E-state index in [1.54, 1.807) is 6.92 Å². The second kappa shape index (κ2) is 13.3. The standard InChI is InChI=1S/C21H40N2O3/c1-3-4-5-6-7-8-9-10-11-12-13-14-15-20-22-16-17-23(20,19(2)24)18-21(25)26/h19,24H,3-18H2,1-2H3/p+1. The molecule has 2 N–H and O–H groups in total. The van der Waals surface area contributed by atoms with Gasteiger partial charge in [-0.05, 0) is 6.42 Å². The number of carbonyl (C=O) groups is 1. The Bertz CT molecular complexity index is 423. The van der Waals surface area contributed by atoms with Gasteiger partial charge in [-0.15, -0.1) is 0 Å². The van der Waals surface area contributed by atoms with Gasteiger partial charge in [-0.3, -0.25) is 0 Å². The summed E-state index contributed by atoms with van der Waals surface area (Å²) in [6.07, 6.45) is 15.8. The predicted molar refractivity (Wildman–Crippen MR) is 107 cm³/mol. The number of amidine groups is 1. The Kier molecular flexibility index (Phi) is 11.8. The van der Waals surface area contributed by atoms with Crippen LogP contribution in [0.4, 0.5) is 0 Å². The fraction of sp³-hybridized carbons (Fsp3) is 0.905. The van der Waals surface area contributed by atoms with Crippen molar-refractivity contribution in [3.05, 3.63) is 0 Å². The molecule has 0 saturated heterocycles. The number of carboxylic acid groups (broad SMARTS) is 1. The van der Waals surface area contributed by atoms with Crippen molar-refractivity contribution >= 4 is 11.8 Å². The summed E-state index contributed by atoms with van der Waals surface area (Å²) < 4.78 is 0.132. The third-order valence-electron chi connectivity index (χ3n) is 5.69. The second-order valence-electron chi connectivity index (χ2n) is 7.88. The van der Waals surface area contributed by atoms with E-state index in [0.717, 1.165) is 18.7 Å². The molecule has 0 aromatic rings. The number of carboxylic acids is 1. The highest BCUT2D eigenvalue weighted by molar-refractivity contribution is 5.80. The van der Waals surface area contributed by atoms with Gasteiger partial charge in [0.2, 0.25) is 5.84 Å². The summed E-state index contributed by atoms with van der Waals surface area (Å²) in [6, 6.07) is 0. The number of quaternary nitrogens is 1. The van der Waals surface area contributed by atoms with Gasteiger partial charge in [-0.25, -0.2) is 14.3 Å². The van der Waals surface area contributed by atoms with Crippen LogP contribution in [0.2, 0.25) is 0 Å². The molecule has 1 aliphatic heterocycles. The lowest BCUT2D eigenvalue weighted by molar-refractivity contribution is -0.877. The van der Waals surface area contributed by atoms with E-state index in [9.17, 15) is 15.0 Å². The summed E-state index contributed by atoms with van der Waals surface area (Å²) >= 11 is 0. The first-order chi connectivity index (χ1) is 12.5. The van der Waals surface area contributed by atoms with Crippen molar-refractivity contribution in [2.24, 2.45) is 4.99 Å². The van der Waals surface area contributed by atoms with Gasteiger partial charge in [0.05, 0.1) is 6.54 Å². The van der Waals surface area contributed by atoms with Gasteiger partial charge in [0.15, 0.2) is 12.8 Å². The molecular formula is C21H41N2O3+. The lowest BCUT2D eigenvalue weighted by Gasteiger charge is -2.35. The zero-order chi connectivity index (χ0) is 19.3. The summed E-state index contributed by atoms with van der Waals surface area (Å²) in [5.41, 5.74) is 0. The molecule has 0 amide bonds. The summed E-state index contributed by atoms with van der Waals surface area (Å²) in [7, 11) is 0. The van der Waals surface area contributed by atoms with Crippen LogP contribution in [0.1, 0.15) is 97.3 Å². The van der Waals surface area contributed by atoms with E-state index in [1.807, 2.05) is 0 Å². The molecule has 152 valence electrons. The van der Waals surface area contributed by atoms with Crippen molar-refractivity contribution in [2.45, 2.75) is 104 Å². The third-order valence-corrected chi connectivity index (χ3v) is 5.69. The Morgan fingerprint density at radius 1 is 1.00 bits per heavy atom. The maximum atomic E-state index is 11.2. The van der Waals surface area contributed by atoms with Crippen LogP contribution < -0.4 is 0 Å². The van der Waals surface area contributed by atoms with E-state index >= 15 is 0 Å². The highest BCUT2D eigenvalue weighted by atomic mass is 16.4. The van der Waals surface area contributed by atoms with Crippen molar-refractivity contribution in [1.82, 2.24) is 0 Å². The molecule has 0 saturated carbocycles. The number of unbranched alkanes of at least 4 members (excludes halogenated alkanes) is 11. The fourth-order valence-electron chi connectivity index (χ4n) is 4.00. The van der Waals surface area contributed by atoms with E-state index in [-0.39, 0.29) is 11.0 Å². The molecular weight excluding hydrogens is 328 g/mol. The maximum absolute atomic E-state index is 11.2. The minimum atomic E-state index is -0.866. The molecule has 0 fully saturated rings. The Labute approximate surface area is 160 Å². The lowest BCUT2D eigenvalue weighted by Crippen LogP contribution is -2.59. The molecule has 0 spiro atoms. The zero-order valence-electron chi connectivity index (χ0n) is 17.1. The van der Waals surface area contributed by atoms with E-state index in [2.05, 4.69) is 11.9 Å². The number of aliphatic imine (C=N–C) groups is 1. The van der Waals surface area contributed by atoms with Crippen LogP contribution >= 0.6 is 0 Å². The minimum absolute atomic E-state index is 0.0608. The van der Waals surface area contributed by atoms with Gasteiger partial charge in [0.1, 0.15) is 6.54 Å². The number of hydrogen-bond donors (Lipinski definition) is 2. The van der Waals surface area contributed by atoms with Crippen molar-refractivity contribution in [2.75, 3.05) is 19.6 Å². The maximum Gasteiger partial charge on any atom is 0.359 e. The Balaban J connectivity index is 2.11. The predicted octanol–water partition coefficient (Wildman–Crippen LogP) is 4.73. The first-order valence-electron chi connectivity index (χ1n) is 10.8. The minimum Gasteiger partial charge on any atom is -0.477 e. The summed E-state index contributed by atoms with van der Waals surface area (Å²) in [4.78, 5) is 15.7. The Morgan fingerprint density at radius 2 is 1.50 bits per heavy atom. The SMILES string of the molecule is CCCCCCCCCCCCCCC1=NCC[N+]1(CC(=O)O)C(C)O. The molecule has 1 aliphatic rings. The number of nitrogens with zero attached hydrogens (tertiary/aromatic N) is 2.